The van der Waals surface area contributed by atoms with E-state index in [1.165, 1.54) is 12.8 Å². The van der Waals surface area contributed by atoms with Gasteiger partial charge in [0.1, 0.15) is 0 Å². The van der Waals surface area contributed by atoms with Crippen molar-refractivity contribution >= 4 is 18.3 Å². The van der Waals surface area contributed by atoms with Crippen molar-refractivity contribution in [2.75, 3.05) is 0 Å². The van der Waals surface area contributed by atoms with Gasteiger partial charge < -0.3 is 15.7 Å². The normalized spacial score (nSPS) is 26.3. The lowest BCUT2D eigenvalue weighted by Crippen LogP contribution is -2.39. The van der Waals surface area contributed by atoms with Gasteiger partial charge in [-0.2, -0.15) is 0 Å². The molecule has 2 aliphatic heterocycles. The number of hydrogen-bond acceptors (Lipinski definition) is 3. The predicted octanol–water partition coefficient (Wildman–Crippen LogP) is 2.14. The van der Waals surface area contributed by atoms with E-state index in [1.54, 1.807) is 0 Å². The second-order valence-corrected chi connectivity index (χ2v) is 6.43. The largest absolute Gasteiger partial charge is 0.392 e. The summed E-state index contributed by atoms with van der Waals surface area (Å²) >= 11 is 0. The Morgan fingerprint density at radius 3 is 2.59 bits per heavy atom. The molecule has 2 fully saturated rings. The summed E-state index contributed by atoms with van der Waals surface area (Å²) in [6, 6.07) is 8.99. The molecule has 3 N–H and O–H groups in total. The van der Waals surface area contributed by atoms with Gasteiger partial charge >= 0.3 is 0 Å². The maximum atomic E-state index is 12.1. The molecule has 0 radical (unpaired) electrons. The van der Waals surface area contributed by atoms with E-state index in [4.69, 9.17) is 5.11 Å². The van der Waals surface area contributed by atoms with Crippen LogP contribution >= 0.6 is 12.4 Å². The quantitative estimate of drug-likeness (QED) is 0.777. The van der Waals surface area contributed by atoms with Crippen LogP contribution in [0.1, 0.15) is 43.2 Å². The molecule has 2 aliphatic rings. The Labute approximate surface area is 138 Å². The molecule has 2 unspecified atom stereocenters. The zero-order valence-electron chi connectivity index (χ0n) is 12.8. The van der Waals surface area contributed by atoms with Gasteiger partial charge in [-0.05, 0) is 42.7 Å². The van der Waals surface area contributed by atoms with Crippen LogP contribution in [-0.2, 0) is 17.9 Å². The monoisotopic (exact) mass is 324 g/mol. The molecule has 3 rings (SSSR count). The predicted molar refractivity (Wildman–Crippen MR) is 88.7 cm³/mol. The fourth-order valence-electron chi connectivity index (χ4n) is 3.71. The smallest absolute Gasteiger partial charge is 0.220 e. The highest BCUT2D eigenvalue weighted by atomic mass is 35.5. The Kier molecular flexibility index (Phi) is 6.24. The number of piperidine rings is 1. The first-order valence-corrected chi connectivity index (χ1v) is 7.94. The summed E-state index contributed by atoms with van der Waals surface area (Å²) in [6.45, 7) is 0.587. The molecule has 2 saturated heterocycles. The van der Waals surface area contributed by atoms with E-state index in [0.717, 1.165) is 24.0 Å². The molecule has 122 valence electrons. The van der Waals surface area contributed by atoms with Crippen molar-refractivity contribution in [3.63, 3.8) is 0 Å². The van der Waals surface area contributed by atoms with Crippen molar-refractivity contribution in [1.82, 2.24) is 10.6 Å². The second-order valence-electron chi connectivity index (χ2n) is 6.43. The highest BCUT2D eigenvalue weighted by molar-refractivity contribution is 5.85. The number of fused-ring (bicyclic) bond motifs is 2. The van der Waals surface area contributed by atoms with Gasteiger partial charge in [-0.1, -0.05) is 24.3 Å². The van der Waals surface area contributed by atoms with Crippen molar-refractivity contribution in [3.8, 4) is 0 Å². The summed E-state index contributed by atoms with van der Waals surface area (Å²) in [5.74, 6) is 0.684. The molecule has 2 heterocycles. The molecule has 0 saturated carbocycles. The number of benzene rings is 1. The number of aliphatic hydroxyl groups excluding tert-OH is 1. The molecule has 2 bridgehead atoms. The van der Waals surface area contributed by atoms with Gasteiger partial charge in [0, 0.05) is 25.0 Å². The molecule has 1 aromatic carbocycles. The maximum absolute atomic E-state index is 12.1. The minimum atomic E-state index is 0. The van der Waals surface area contributed by atoms with Gasteiger partial charge in [0.05, 0.1) is 6.61 Å². The zero-order chi connectivity index (χ0) is 14.7. The summed E-state index contributed by atoms with van der Waals surface area (Å²) in [7, 11) is 0. The number of amides is 1. The Bertz CT molecular complexity index is 497. The number of nitrogens with one attached hydrogen (secondary N) is 2. The van der Waals surface area contributed by atoms with Crippen LogP contribution < -0.4 is 10.6 Å². The molecule has 1 amide bonds. The highest BCUT2D eigenvalue weighted by Crippen LogP contribution is 2.32. The Hall–Kier alpha value is -1.10. The first kappa shape index (κ1) is 17.3. The first-order valence-electron chi connectivity index (χ1n) is 7.94. The van der Waals surface area contributed by atoms with Crippen molar-refractivity contribution in [2.24, 2.45) is 5.92 Å². The van der Waals surface area contributed by atoms with E-state index in [9.17, 15) is 4.79 Å². The summed E-state index contributed by atoms with van der Waals surface area (Å²) in [5.41, 5.74) is 1.93. The SMILES string of the molecule is Cl.O=C(CC1CC2CCC(C1)N2)NCc1cccc(CO)c1. The van der Waals surface area contributed by atoms with E-state index in [1.807, 2.05) is 24.3 Å². The fourth-order valence-corrected chi connectivity index (χ4v) is 3.71. The number of halogens is 1. The van der Waals surface area contributed by atoms with Gasteiger partial charge in [0.2, 0.25) is 5.91 Å². The summed E-state index contributed by atoms with van der Waals surface area (Å²) in [5, 5.41) is 15.7. The zero-order valence-corrected chi connectivity index (χ0v) is 13.6. The second kappa shape index (κ2) is 7.95. The van der Waals surface area contributed by atoms with Crippen LogP contribution in [-0.4, -0.2) is 23.1 Å². The average molecular weight is 325 g/mol. The maximum Gasteiger partial charge on any atom is 0.220 e. The van der Waals surface area contributed by atoms with Gasteiger partial charge in [-0.15, -0.1) is 12.4 Å². The third kappa shape index (κ3) is 4.45. The molecule has 4 nitrogen and oxygen atoms in total. The topological polar surface area (TPSA) is 61.4 Å². The Balaban J connectivity index is 0.00000176. The minimum Gasteiger partial charge on any atom is -0.392 e. The molecular weight excluding hydrogens is 300 g/mol. The number of aliphatic hydroxyl groups is 1. The molecular formula is C17H25ClN2O2. The summed E-state index contributed by atoms with van der Waals surface area (Å²) in [6.07, 6.45) is 5.48. The average Bonchev–Trinajstić information content (AvgIpc) is 2.84. The lowest BCUT2D eigenvalue weighted by atomic mass is 9.89. The lowest BCUT2D eigenvalue weighted by molar-refractivity contribution is -0.122. The molecule has 0 spiro atoms. The minimum absolute atomic E-state index is 0. The van der Waals surface area contributed by atoms with E-state index in [0.29, 0.717) is 31.0 Å². The van der Waals surface area contributed by atoms with Gasteiger partial charge in [-0.3, -0.25) is 4.79 Å². The van der Waals surface area contributed by atoms with Crippen LogP contribution in [0.5, 0.6) is 0 Å². The third-order valence-electron chi connectivity index (χ3n) is 4.71. The van der Waals surface area contributed by atoms with Gasteiger partial charge in [-0.25, -0.2) is 0 Å². The van der Waals surface area contributed by atoms with E-state index < -0.39 is 0 Å². The van der Waals surface area contributed by atoms with Crippen molar-refractivity contribution in [2.45, 2.75) is 57.3 Å². The highest BCUT2D eigenvalue weighted by Gasteiger charge is 2.34. The first-order chi connectivity index (χ1) is 10.2. The van der Waals surface area contributed by atoms with E-state index in [2.05, 4.69) is 10.6 Å². The molecule has 0 aromatic heterocycles. The Morgan fingerprint density at radius 2 is 1.91 bits per heavy atom. The van der Waals surface area contributed by atoms with Crippen molar-refractivity contribution in [3.05, 3.63) is 35.4 Å². The number of carbonyl (C=O) groups excluding carboxylic acids is 1. The Morgan fingerprint density at radius 1 is 1.23 bits per heavy atom. The van der Waals surface area contributed by atoms with Crippen LogP contribution in [0, 0.1) is 5.92 Å². The standard InChI is InChI=1S/C17H24N2O2.ClH/c20-11-13-3-1-2-12(6-13)10-18-17(21)9-14-7-15-4-5-16(8-14)19-15;/h1-3,6,14-16,19-20H,4-5,7-11H2,(H,18,21);1H. The molecule has 5 heteroatoms. The molecule has 0 aliphatic carbocycles. The van der Waals surface area contributed by atoms with Crippen LogP contribution in [0.4, 0.5) is 0 Å². The van der Waals surface area contributed by atoms with Gasteiger partial charge in [0.15, 0.2) is 0 Å². The van der Waals surface area contributed by atoms with Crippen LogP contribution in [0.2, 0.25) is 0 Å². The van der Waals surface area contributed by atoms with Crippen LogP contribution in [0.15, 0.2) is 24.3 Å². The third-order valence-corrected chi connectivity index (χ3v) is 4.71. The van der Waals surface area contributed by atoms with Crippen molar-refractivity contribution < 1.29 is 9.90 Å². The summed E-state index contributed by atoms with van der Waals surface area (Å²) in [4.78, 5) is 12.1. The van der Waals surface area contributed by atoms with Crippen molar-refractivity contribution in [1.29, 1.82) is 0 Å². The number of hydrogen-bond donors (Lipinski definition) is 3. The van der Waals surface area contributed by atoms with Crippen LogP contribution in [0.25, 0.3) is 0 Å². The molecule has 2 atom stereocenters. The van der Waals surface area contributed by atoms with Gasteiger partial charge in [0.25, 0.3) is 0 Å². The molecule has 22 heavy (non-hydrogen) atoms. The van der Waals surface area contributed by atoms with E-state index >= 15 is 0 Å². The van der Waals surface area contributed by atoms with E-state index in [-0.39, 0.29) is 24.9 Å². The summed E-state index contributed by atoms with van der Waals surface area (Å²) < 4.78 is 0. The fraction of sp³-hybridized carbons (Fsp3) is 0.588. The van der Waals surface area contributed by atoms with Crippen LogP contribution in [0.3, 0.4) is 0 Å². The molecule has 1 aromatic rings. The number of carbonyl (C=O) groups is 1. The number of rotatable bonds is 5. The lowest BCUT2D eigenvalue weighted by Gasteiger charge is -2.28.